The number of hydrogen-bond donors (Lipinski definition) is 3. The van der Waals surface area contributed by atoms with E-state index < -0.39 is 24.2 Å². The highest BCUT2D eigenvalue weighted by atomic mass is 127. The quantitative estimate of drug-likeness (QED) is 0.214. The minimum Gasteiger partial charge on any atom is -0.493 e. The summed E-state index contributed by atoms with van der Waals surface area (Å²) in [7, 11) is 1.44. The van der Waals surface area contributed by atoms with Crippen molar-refractivity contribution in [2.75, 3.05) is 26.8 Å². The molecule has 0 aliphatic heterocycles. The summed E-state index contributed by atoms with van der Waals surface area (Å²) in [6, 6.07) is 8.51. The van der Waals surface area contributed by atoms with Crippen LogP contribution in [0.3, 0.4) is 0 Å². The summed E-state index contributed by atoms with van der Waals surface area (Å²) >= 11 is 2.01. The van der Waals surface area contributed by atoms with Gasteiger partial charge in [0, 0.05) is 37.1 Å². The Balaban J connectivity index is 1.68. The molecule has 2 aromatic carbocycles. The highest BCUT2D eigenvalue weighted by molar-refractivity contribution is 14.1. The van der Waals surface area contributed by atoms with Crippen LogP contribution in [0.15, 0.2) is 48.0 Å². The molecule has 4 rings (SSSR count). The molecule has 0 spiro atoms. The summed E-state index contributed by atoms with van der Waals surface area (Å²) in [5.74, 6) is -0.127. The predicted octanol–water partition coefficient (Wildman–Crippen LogP) is 3.82. The lowest BCUT2D eigenvalue weighted by Gasteiger charge is -2.41. The van der Waals surface area contributed by atoms with Crippen molar-refractivity contribution in [3.8, 4) is 11.5 Å². The first-order chi connectivity index (χ1) is 20.7. The van der Waals surface area contributed by atoms with Crippen molar-refractivity contribution in [1.29, 1.82) is 0 Å². The number of aliphatic hydroxyl groups excluding tert-OH is 2. The summed E-state index contributed by atoms with van der Waals surface area (Å²) < 4.78 is 26.3. The molecular formula is C32H38FIN2O7. The molecular weight excluding hydrogens is 670 g/mol. The summed E-state index contributed by atoms with van der Waals surface area (Å²) in [4.78, 5) is 40.0. The van der Waals surface area contributed by atoms with Gasteiger partial charge in [0.15, 0.2) is 11.5 Å². The van der Waals surface area contributed by atoms with Crippen LogP contribution in [-0.2, 0) is 16.0 Å². The zero-order valence-corrected chi connectivity index (χ0v) is 26.3. The summed E-state index contributed by atoms with van der Waals surface area (Å²) in [5, 5.41) is 23.7. The van der Waals surface area contributed by atoms with Gasteiger partial charge in [-0.2, -0.15) is 0 Å². The Morgan fingerprint density at radius 1 is 1.21 bits per heavy atom. The molecule has 0 heterocycles. The highest BCUT2D eigenvalue weighted by Crippen LogP contribution is 2.37. The molecule has 1 saturated carbocycles. The van der Waals surface area contributed by atoms with Crippen LogP contribution in [0.2, 0.25) is 0 Å². The van der Waals surface area contributed by atoms with Crippen LogP contribution in [0.1, 0.15) is 54.4 Å². The largest absolute Gasteiger partial charge is 0.493 e. The van der Waals surface area contributed by atoms with E-state index in [-0.39, 0.29) is 55.3 Å². The number of methoxy groups -OCH3 is 1. The van der Waals surface area contributed by atoms with E-state index in [2.05, 4.69) is 5.32 Å². The molecule has 2 aliphatic carbocycles. The van der Waals surface area contributed by atoms with Gasteiger partial charge in [0.1, 0.15) is 24.3 Å². The Kier molecular flexibility index (Phi) is 11.9. The maximum Gasteiger partial charge on any atom is 0.247 e. The lowest BCUT2D eigenvalue weighted by molar-refractivity contribution is -0.139. The van der Waals surface area contributed by atoms with Gasteiger partial charge in [-0.25, -0.2) is 4.39 Å². The van der Waals surface area contributed by atoms with E-state index in [0.29, 0.717) is 39.4 Å². The third-order valence-electron chi connectivity index (χ3n) is 8.05. The minimum absolute atomic E-state index is 0.0394. The number of halogens is 2. The van der Waals surface area contributed by atoms with Crippen LogP contribution < -0.4 is 14.8 Å². The van der Waals surface area contributed by atoms with Crippen LogP contribution in [0.5, 0.6) is 11.5 Å². The van der Waals surface area contributed by atoms with Crippen LogP contribution >= 0.6 is 22.6 Å². The summed E-state index contributed by atoms with van der Waals surface area (Å²) in [6.45, 7) is 0.00465. The molecule has 232 valence electrons. The summed E-state index contributed by atoms with van der Waals surface area (Å²) in [5.41, 5.74) is 1.40. The first kappa shape index (κ1) is 32.9. The molecule has 2 aromatic rings. The molecule has 0 unspecified atom stereocenters. The van der Waals surface area contributed by atoms with E-state index >= 15 is 0 Å². The molecule has 2 aliphatic rings. The first-order valence-electron chi connectivity index (χ1n) is 14.5. The minimum atomic E-state index is -1.22. The molecule has 0 bridgehead atoms. The van der Waals surface area contributed by atoms with Gasteiger partial charge >= 0.3 is 0 Å². The van der Waals surface area contributed by atoms with Gasteiger partial charge in [-0.1, -0.05) is 25.0 Å². The molecule has 0 radical (unpaired) electrons. The van der Waals surface area contributed by atoms with Crippen LogP contribution in [0.4, 0.5) is 4.39 Å². The standard InChI is InChI=1S/C32H38FIN2O7/c1-42-28-15-22(19-38)14-25(34)31(28)43-27-18-23(32(41)35-10-12-37)17-26(30(27)40)36(29(39)16-20-5-2-3-6-20)11-9-21-7-4-8-24(33)13-21/h4,7-8,13-15,18-20,26-27,30,37,40H,2-3,5-6,9-12,16-17H2,1H3,(H,35,41)/t26-,27+,30+/m1/s1. The van der Waals surface area contributed by atoms with Crippen LogP contribution in [-0.4, -0.2) is 78.3 Å². The summed E-state index contributed by atoms with van der Waals surface area (Å²) in [6.07, 6.45) is 4.78. The number of nitrogens with one attached hydrogen (secondary N) is 1. The molecule has 43 heavy (non-hydrogen) atoms. The van der Waals surface area contributed by atoms with E-state index in [0.717, 1.165) is 25.7 Å². The predicted molar refractivity (Wildman–Crippen MR) is 166 cm³/mol. The van der Waals surface area contributed by atoms with Gasteiger partial charge in [-0.3, -0.25) is 14.4 Å². The van der Waals surface area contributed by atoms with Crippen molar-refractivity contribution in [3.05, 3.63) is 68.6 Å². The Morgan fingerprint density at radius 3 is 2.65 bits per heavy atom. The fraction of sp³-hybridized carbons (Fsp3) is 0.469. The molecule has 2 amide bonds. The normalized spacial score (nSPS) is 20.3. The molecule has 1 fully saturated rings. The maximum atomic E-state index is 13.9. The third-order valence-corrected chi connectivity index (χ3v) is 8.85. The van der Waals surface area contributed by atoms with Gasteiger partial charge < -0.3 is 29.9 Å². The molecule has 3 N–H and O–H groups in total. The number of carbonyl (C=O) groups excluding carboxylic acids is 3. The number of amides is 2. The number of hydrogen-bond acceptors (Lipinski definition) is 7. The van der Waals surface area contributed by atoms with Gasteiger partial charge in [0.25, 0.3) is 0 Å². The SMILES string of the molecule is COc1cc(C=O)cc(I)c1O[C@H]1C=C(C(=O)NCCO)C[C@@H](N(CCc2cccc(F)c2)C(=O)CC2CCCC2)[C@@H]1O. The maximum absolute atomic E-state index is 13.9. The van der Waals surface area contributed by atoms with Gasteiger partial charge in [-0.15, -0.1) is 0 Å². The number of aliphatic hydroxyl groups is 2. The lowest BCUT2D eigenvalue weighted by atomic mass is 9.87. The number of nitrogens with zero attached hydrogens (tertiary/aromatic N) is 1. The third kappa shape index (κ3) is 8.54. The number of carbonyl (C=O) groups is 3. The van der Waals surface area contributed by atoms with Crippen molar-refractivity contribution in [2.45, 2.75) is 63.2 Å². The number of ether oxygens (including phenoxy) is 2. The Labute approximate surface area is 264 Å². The van der Waals surface area contributed by atoms with Crippen molar-refractivity contribution < 1.29 is 38.5 Å². The second kappa shape index (κ2) is 15.6. The van der Waals surface area contributed by atoms with Crippen molar-refractivity contribution >= 4 is 40.7 Å². The monoisotopic (exact) mass is 708 g/mol. The van der Waals surface area contributed by atoms with Crippen LogP contribution in [0, 0.1) is 15.3 Å². The Morgan fingerprint density at radius 2 is 1.98 bits per heavy atom. The van der Waals surface area contributed by atoms with E-state index in [1.54, 1.807) is 23.1 Å². The zero-order valence-electron chi connectivity index (χ0n) is 24.1. The second-order valence-corrected chi connectivity index (χ2v) is 12.2. The smallest absolute Gasteiger partial charge is 0.247 e. The average Bonchev–Trinajstić information content (AvgIpc) is 3.51. The fourth-order valence-electron chi connectivity index (χ4n) is 5.83. The Hall–Kier alpha value is -3.03. The van der Waals surface area contributed by atoms with Crippen molar-refractivity contribution in [3.63, 3.8) is 0 Å². The van der Waals surface area contributed by atoms with E-state index in [9.17, 15) is 29.0 Å². The number of aldehydes is 1. The van der Waals surface area contributed by atoms with Gasteiger partial charge in [0.05, 0.1) is 23.3 Å². The molecule has 3 atom stereocenters. The number of rotatable bonds is 13. The fourth-order valence-corrected chi connectivity index (χ4v) is 6.59. The average molecular weight is 709 g/mol. The van der Waals surface area contributed by atoms with E-state index in [1.807, 2.05) is 22.6 Å². The van der Waals surface area contributed by atoms with Gasteiger partial charge in [-0.05, 0) is 83.7 Å². The second-order valence-electron chi connectivity index (χ2n) is 11.0. The molecule has 9 nitrogen and oxygen atoms in total. The van der Waals surface area contributed by atoms with E-state index in [4.69, 9.17) is 9.47 Å². The molecule has 0 aromatic heterocycles. The first-order valence-corrected chi connectivity index (χ1v) is 15.6. The lowest BCUT2D eigenvalue weighted by Crippen LogP contribution is -2.55. The zero-order chi connectivity index (χ0) is 30.9. The van der Waals surface area contributed by atoms with Crippen LogP contribution in [0.25, 0.3) is 0 Å². The van der Waals surface area contributed by atoms with E-state index in [1.165, 1.54) is 31.4 Å². The Bertz CT molecular complexity index is 1330. The molecule has 11 heteroatoms. The van der Waals surface area contributed by atoms with Crippen molar-refractivity contribution in [2.24, 2.45) is 5.92 Å². The topological polar surface area (TPSA) is 125 Å². The highest BCUT2D eigenvalue weighted by Gasteiger charge is 2.41. The molecule has 0 saturated heterocycles. The number of benzene rings is 2. The van der Waals surface area contributed by atoms with Crippen molar-refractivity contribution in [1.82, 2.24) is 10.2 Å². The van der Waals surface area contributed by atoms with Gasteiger partial charge in [0.2, 0.25) is 11.8 Å².